The third-order valence-electron chi connectivity index (χ3n) is 2.07. The van der Waals surface area contributed by atoms with E-state index >= 15 is 0 Å². The Kier molecular flexibility index (Phi) is 7.49. The molecule has 2 amide bonds. The van der Waals surface area contributed by atoms with Crippen molar-refractivity contribution in [2.45, 2.75) is 32.4 Å². The lowest BCUT2D eigenvalue weighted by molar-refractivity contribution is -0.129. The maximum Gasteiger partial charge on any atom is 0.242 e. The third kappa shape index (κ3) is 5.67. The topological polar surface area (TPSA) is 93.5 Å². The molecule has 0 saturated heterocycles. The number of ether oxygens (including phenoxy) is 1. The Hall–Kier alpha value is -1.14. The minimum absolute atomic E-state index is 0.213. The molecule has 0 spiro atoms. The molecule has 0 bridgehead atoms. The van der Waals surface area contributed by atoms with Crippen LogP contribution in [0.5, 0.6) is 0 Å². The van der Waals surface area contributed by atoms with Gasteiger partial charge in [-0.05, 0) is 20.3 Å². The molecule has 94 valence electrons. The number of rotatable bonds is 7. The van der Waals surface area contributed by atoms with Crippen molar-refractivity contribution in [2.75, 3.05) is 20.3 Å². The molecule has 0 heterocycles. The van der Waals surface area contributed by atoms with E-state index in [4.69, 9.17) is 10.5 Å². The average molecular weight is 231 g/mol. The summed E-state index contributed by atoms with van der Waals surface area (Å²) < 4.78 is 4.81. The van der Waals surface area contributed by atoms with Gasteiger partial charge >= 0.3 is 0 Å². The van der Waals surface area contributed by atoms with Crippen LogP contribution in [0.3, 0.4) is 0 Å². The van der Waals surface area contributed by atoms with Crippen LogP contribution in [-0.4, -0.2) is 44.2 Å². The first kappa shape index (κ1) is 14.9. The van der Waals surface area contributed by atoms with Gasteiger partial charge in [0.15, 0.2) is 0 Å². The van der Waals surface area contributed by atoms with Crippen molar-refractivity contribution >= 4 is 11.8 Å². The molecule has 0 saturated carbocycles. The van der Waals surface area contributed by atoms with Crippen LogP contribution < -0.4 is 16.4 Å². The van der Waals surface area contributed by atoms with Crippen LogP contribution in [0, 0.1) is 0 Å². The zero-order chi connectivity index (χ0) is 12.6. The van der Waals surface area contributed by atoms with E-state index in [2.05, 4.69) is 10.6 Å². The van der Waals surface area contributed by atoms with Gasteiger partial charge in [0, 0.05) is 20.3 Å². The molecular formula is C10H21N3O3. The molecule has 0 aromatic heterocycles. The minimum Gasteiger partial charge on any atom is -0.385 e. The Labute approximate surface area is 95.9 Å². The van der Waals surface area contributed by atoms with Crippen molar-refractivity contribution in [1.82, 2.24) is 10.6 Å². The van der Waals surface area contributed by atoms with E-state index in [9.17, 15) is 9.59 Å². The number of nitrogens with one attached hydrogen (secondary N) is 2. The molecule has 0 aliphatic rings. The zero-order valence-electron chi connectivity index (χ0n) is 10.1. The maximum absolute atomic E-state index is 11.5. The highest BCUT2D eigenvalue weighted by Gasteiger charge is 2.19. The molecule has 0 aliphatic heterocycles. The normalized spacial score (nSPS) is 14.0. The van der Waals surface area contributed by atoms with Crippen molar-refractivity contribution in [2.24, 2.45) is 5.73 Å². The molecule has 0 aromatic carbocycles. The van der Waals surface area contributed by atoms with Crippen molar-refractivity contribution in [1.29, 1.82) is 0 Å². The molecule has 6 nitrogen and oxygen atoms in total. The van der Waals surface area contributed by atoms with Gasteiger partial charge in [0.2, 0.25) is 11.8 Å². The van der Waals surface area contributed by atoms with Crippen LogP contribution in [0.15, 0.2) is 0 Å². The summed E-state index contributed by atoms with van der Waals surface area (Å²) in [5, 5.41) is 5.16. The number of methoxy groups -OCH3 is 1. The van der Waals surface area contributed by atoms with Crippen molar-refractivity contribution in [3.8, 4) is 0 Å². The Morgan fingerprint density at radius 3 is 2.50 bits per heavy atom. The number of nitrogens with two attached hydrogens (primary N) is 1. The minimum atomic E-state index is -0.642. The van der Waals surface area contributed by atoms with Crippen LogP contribution >= 0.6 is 0 Å². The smallest absolute Gasteiger partial charge is 0.242 e. The van der Waals surface area contributed by atoms with Crippen LogP contribution in [0.2, 0.25) is 0 Å². The number of hydrogen-bond donors (Lipinski definition) is 3. The molecule has 0 fully saturated rings. The lowest BCUT2D eigenvalue weighted by Crippen LogP contribution is -2.50. The van der Waals surface area contributed by atoms with E-state index in [1.165, 1.54) is 0 Å². The fourth-order valence-electron chi connectivity index (χ4n) is 1.09. The van der Waals surface area contributed by atoms with Gasteiger partial charge in [-0.15, -0.1) is 0 Å². The van der Waals surface area contributed by atoms with E-state index in [0.717, 1.165) is 0 Å². The van der Waals surface area contributed by atoms with Gasteiger partial charge in [-0.3, -0.25) is 9.59 Å². The SMILES string of the molecule is CCNC(=O)C(C)NC(=O)C(N)CCOC. The predicted molar refractivity (Wildman–Crippen MR) is 60.8 cm³/mol. The van der Waals surface area contributed by atoms with E-state index in [1.54, 1.807) is 14.0 Å². The second kappa shape index (κ2) is 8.06. The first-order valence-electron chi connectivity index (χ1n) is 5.35. The van der Waals surface area contributed by atoms with Gasteiger partial charge in [0.05, 0.1) is 6.04 Å². The summed E-state index contributed by atoms with van der Waals surface area (Å²) >= 11 is 0. The Balaban J connectivity index is 3.97. The predicted octanol–water partition coefficient (Wildman–Crippen LogP) is -1.01. The van der Waals surface area contributed by atoms with Crippen molar-refractivity contribution in [3.05, 3.63) is 0 Å². The quantitative estimate of drug-likeness (QED) is 0.523. The lowest BCUT2D eigenvalue weighted by atomic mass is 10.2. The molecular weight excluding hydrogens is 210 g/mol. The average Bonchev–Trinajstić information content (AvgIpc) is 2.25. The largest absolute Gasteiger partial charge is 0.385 e. The zero-order valence-corrected chi connectivity index (χ0v) is 10.1. The molecule has 0 radical (unpaired) electrons. The van der Waals surface area contributed by atoms with Gasteiger partial charge in [-0.2, -0.15) is 0 Å². The van der Waals surface area contributed by atoms with E-state index < -0.39 is 12.1 Å². The van der Waals surface area contributed by atoms with Gasteiger partial charge in [0.25, 0.3) is 0 Å². The van der Waals surface area contributed by atoms with Gasteiger partial charge in [-0.25, -0.2) is 0 Å². The summed E-state index contributed by atoms with van der Waals surface area (Å²) in [5.41, 5.74) is 5.60. The van der Waals surface area contributed by atoms with Crippen LogP contribution in [0.25, 0.3) is 0 Å². The number of likely N-dealkylation sites (N-methyl/N-ethyl adjacent to an activating group) is 1. The summed E-state index contributed by atoms with van der Waals surface area (Å²) in [5.74, 6) is -0.550. The summed E-state index contributed by atoms with van der Waals surface area (Å²) in [6.45, 7) is 4.39. The highest BCUT2D eigenvalue weighted by atomic mass is 16.5. The van der Waals surface area contributed by atoms with Gasteiger partial charge < -0.3 is 21.1 Å². The monoisotopic (exact) mass is 231 g/mol. The second-order valence-electron chi connectivity index (χ2n) is 3.51. The number of hydrogen-bond acceptors (Lipinski definition) is 4. The van der Waals surface area contributed by atoms with Gasteiger partial charge in [-0.1, -0.05) is 0 Å². The number of carbonyl (C=O) groups excluding carboxylic acids is 2. The molecule has 2 atom stereocenters. The molecule has 0 aliphatic carbocycles. The molecule has 16 heavy (non-hydrogen) atoms. The van der Waals surface area contributed by atoms with Crippen LogP contribution in [0.1, 0.15) is 20.3 Å². The Morgan fingerprint density at radius 2 is 2.00 bits per heavy atom. The first-order chi connectivity index (χ1) is 7.52. The number of amides is 2. The fourth-order valence-corrected chi connectivity index (χ4v) is 1.09. The molecule has 0 aromatic rings. The first-order valence-corrected chi connectivity index (χ1v) is 5.35. The van der Waals surface area contributed by atoms with Gasteiger partial charge in [0.1, 0.15) is 6.04 Å². The fraction of sp³-hybridized carbons (Fsp3) is 0.800. The summed E-state index contributed by atoms with van der Waals surface area (Å²) in [4.78, 5) is 22.8. The van der Waals surface area contributed by atoms with Crippen molar-refractivity contribution < 1.29 is 14.3 Å². The van der Waals surface area contributed by atoms with E-state index in [0.29, 0.717) is 19.6 Å². The molecule has 2 unspecified atom stereocenters. The van der Waals surface area contributed by atoms with E-state index in [-0.39, 0.29) is 11.8 Å². The van der Waals surface area contributed by atoms with E-state index in [1.807, 2.05) is 6.92 Å². The molecule has 4 N–H and O–H groups in total. The number of carbonyl (C=O) groups is 2. The van der Waals surface area contributed by atoms with Crippen LogP contribution in [-0.2, 0) is 14.3 Å². The standard InChI is InChI=1S/C10H21N3O3/c1-4-12-9(14)7(2)13-10(15)8(11)5-6-16-3/h7-8H,4-6,11H2,1-3H3,(H,12,14)(H,13,15). The lowest BCUT2D eigenvalue weighted by Gasteiger charge is -2.16. The molecule has 6 heteroatoms. The summed E-state index contributed by atoms with van der Waals surface area (Å²) in [6.07, 6.45) is 0.435. The van der Waals surface area contributed by atoms with Crippen molar-refractivity contribution in [3.63, 3.8) is 0 Å². The second-order valence-corrected chi connectivity index (χ2v) is 3.51. The van der Waals surface area contributed by atoms with Crippen LogP contribution in [0.4, 0.5) is 0 Å². The Bertz CT molecular complexity index is 233. The maximum atomic E-state index is 11.5. The summed E-state index contributed by atoms with van der Waals surface area (Å²) in [6, 6.07) is -1.21. The molecule has 0 rings (SSSR count). The highest BCUT2D eigenvalue weighted by Crippen LogP contribution is 1.91. The Morgan fingerprint density at radius 1 is 1.38 bits per heavy atom. The highest BCUT2D eigenvalue weighted by molar-refractivity contribution is 5.89. The summed E-state index contributed by atoms with van der Waals surface area (Å²) in [7, 11) is 1.54. The third-order valence-corrected chi connectivity index (χ3v) is 2.07.